The molecular formula is C15H16N2O3. The lowest BCUT2D eigenvalue weighted by Gasteiger charge is -2.07. The summed E-state index contributed by atoms with van der Waals surface area (Å²) in [5.74, 6) is 0.0892. The normalized spacial score (nSPS) is 10.1. The van der Waals surface area contributed by atoms with Gasteiger partial charge in [-0.15, -0.1) is 0 Å². The second-order valence-electron chi connectivity index (χ2n) is 4.29. The molecule has 5 nitrogen and oxygen atoms in total. The molecule has 0 saturated carbocycles. The zero-order valence-corrected chi connectivity index (χ0v) is 11.2. The Morgan fingerprint density at radius 1 is 1.25 bits per heavy atom. The predicted octanol–water partition coefficient (Wildman–Crippen LogP) is 2.09. The first-order valence-electron chi connectivity index (χ1n) is 6.20. The molecule has 0 radical (unpaired) electrons. The topological polar surface area (TPSA) is 74.4 Å². The molecule has 1 aromatic carbocycles. The summed E-state index contributed by atoms with van der Waals surface area (Å²) in [7, 11) is 0. The van der Waals surface area contributed by atoms with E-state index in [2.05, 4.69) is 4.98 Å². The largest absolute Gasteiger partial charge is 0.482 e. The molecule has 2 N–H and O–H groups in total. The van der Waals surface area contributed by atoms with Gasteiger partial charge in [0.1, 0.15) is 12.4 Å². The number of aryl methyl sites for hydroxylation is 1. The van der Waals surface area contributed by atoms with Gasteiger partial charge in [0, 0.05) is 17.4 Å². The number of benzene rings is 1. The number of carbonyl (C=O) groups is 1. The van der Waals surface area contributed by atoms with Crippen LogP contribution in [0.5, 0.6) is 5.75 Å². The lowest BCUT2D eigenvalue weighted by molar-refractivity contribution is -0.147. The number of hydrogen-bond acceptors (Lipinski definition) is 5. The Kier molecular flexibility index (Phi) is 4.55. The number of nitrogens with zero attached hydrogens (tertiary/aromatic N) is 1. The highest BCUT2D eigenvalue weighted by molar-refractivity contribution is 5.71. The van der Waals surface area contributed by atoms with Crippen LogP contribution in [0.1, 0.15) is 11.4 Å². The van der Waals surface area contributed by atoms with Crippen molar-refractivity contribution in [1.82, 2.24) is 4.98 Å². The van der Waals surface area contributed by atoms with E-state index >= 15 is 0 Å². The smallest absolute Gasteiger partial charge is 0.344 e. The predicted molar refractivity (Wildman–Crippen MR) is 75.1 cm³/mol. The van der Waals surface area contributed by atoms with Crippen LogP contribution in [0, 0.1) is 6.92 Å². The molecule has 0 bridgehead atoms. The van der Waals surface area contributed by atoms with Crippen molar-refractivity contribution in [3.05, 3.63) is 53.9 Å². The fourth-order valence-corrected chi connectivity index (χ4v) is 1.62. The van der Waals surface area contributed by atoms with E-state index in [0.29, 0.717) is 17.1 Å². The molecule has 104 valence electrons. The third-order valence-electron chi connectivity index (χ3n) is 2.54. The molecule has 0 amide bonds. The SMILES string of the molecule is Cc1cccc(COC(=O)COc2cccc(N)c2)n1. The number of aromatic nitrogens is 1. The molecule has 0 spiro atoms. The molecule has 0 atom stereocenters. The van der Waals surface area contributed by atoms with Crippen molar-refractivity contribution in [1.29, 1.82) is 0 Å². The first-order valence-corrected chi connectivity index (χ1v) is 6.20. The summed E-state index contributed by atoms with van der Waals surface area (Å²) in [6.45, 7) is 1.87. The van der Waals surface area contributed by atoms with Crippen molar-refractivity contribution in [2.75, 3.05) is 12.3 Å². The summed E-state index contributed by atoms with van der Waals surface area (Å²) < 4.78 is 10.4. The first kappa shape index (κ1) is 13.9. The average Bonchev–Trinajstić information content (AvgIpc) is 2.43. The molecule has 0 aliphatic rings. The Balaban J connectivity index is 1.78. The van der Waals surface area contributed by atoms with Gasteiger partial charge in [0.2, 0.25) is 0 Å². The van der Waals surface area contributed by atoms with E-state index in [1.165, 1.54) is 0 Å². The zero-order valence-electron chi connectivity index (χ0n) is 11.2. The molecule has 1 heterocycles. The Morgan fingerprint density at radius 2 is 2.05 bits per heavy atom. The van der Waals surface area contributed by atoms with Gasteiger partial charge in [-0.05, 0) is 31.2 Å². The molecule has 0 aliphatic heterocycles. The molecule has 0 fully saturated rings. The van der Waals surface area contributed by atoms with Crippen molar-refractivity contribution in [2.24, 2.45) is 0 Å². The van der Waals surface area contributed by atoms with Gasteiger partial charge in [-0.25, -0.2) is 4.79 Å². The number of nitrogen functional groups attached to an aromatic ring is 1. The van der Waals surface area contributed by atoms with Gasteiger partial charge in [-0.2, -0.15) is 0 Å². The summed E-state index contributed by atoms with van der Waals surface area (Å²) >= 11 is 0. The van der Waals surface area contributed by atoms with Gasteiger partial charge in [0.05, 0.1) is 5.69 Å². The lowest BCUT2D eigenvalue weighted by atomic mass is 10.3. The van der Waals surface area contributed by atoms with E-state index in [-0.39, 0.29) is 13.2 Å². The highest BCUT2D eigenvalue weighted by atomic mass is 16.6. The Labute approximate surface area is 117 Å². The third-order valence-corrected chi connectivity index (χ3v) is 2.54. The van der Waals surface area contributed by atoms with Gasteiger partial charge >= 0.3 is 5.97 Å². The maximum Gasteiger partial charge on any atom is 0.344 e. The van der Waals surface area contributed by atoms with E-state index in [1.54, 1.807) is 30.3 Å². The number of pyridine rings is 1. The fraction of sp³-hybridized carbons (Fsp3) is 0.200. The van der Waals surface area contributed by atoms with Gasteiger partial charge in [-0.3, -0.25) is 4.98 Å². The molecule has 20 heavy (non-hydrogen) atoms. The number of hydrogen-bond donors (Lipinski definition) is 1. The monoisotopic (exact) mass is 272 g/mol. The van der Waals surface area contributed by atoms with Gasteiger partial charge in [0.25, 0.3) is 0 Å². The van der Waals surface area contributed by atoms with Crippen LogP contribution in [0.4, 0.5) is 5.69 Å². The number of carbonyl (C=O) groups excluding carboxylic acids is 1. The average molecular weight is 272 g/mol. The van der Waals surface area contributed by atoms with Crippen LogP contribution in [0.15, 0.2) is 42.5 Å². The molecule has 0 saturated heterocycles. The standard InChI is InChI=1S/C15H16N2O3/c1-11-4-2-6-13(17-11)9-20-15(18)10-19-14-7-3-5-12(16)8-14/h2-8H,9-10,16H2,1H3. The van der Waals surface area contributed by atoms with Crippen molar-refractivity contribution in [3.8, 4) is 5.75 Å². The number of rotatable bonds is 5. The fourth-order valence-electron chi connectivity index (χ4n) is 1.62. The molecular weight excluding hydrogens is 256 g/mol. The minimum Gasteiger partial charge on any atom is -0.482 e. The number of nitrogens with two attached hydrogens (primary N) is 1. The van der Waals surface area contributed by atoms with Crippen LogP contribution in [-0.4, -0.2) is 17.6 Å². The second-order valence-corrected chi connectivity index (χ2v) is 4.29. The molecule has 0 aliphatic carbocycles. The first-order chi connectivity index (χ1) is 9.63. The second kappa shape index (κ2) is 6.56. The molecule has 5 heteroatoms. The van der Waals surface area contributed by atoms with Crippen molar-refractivity contribution >= 4 is 11.7 Å². The summed E-state index contributed by atoms with van der Waals surface area (Å²) in [6.07, 6.45) is 0. The molecule has 1 aromatic heterocycles. The maximum atomic E-state index is 11.6. The number of anilines is 1. The highest BCUT2D eigenvalue weighted by Crippen LogP contribution is 2.14. The zero-order chi connectivity index (χ0) is 14.4. The van der Waals surface area contributed by atoms with Crippen LogP contribution in [0.25, 0.3) is 0 Å². The summed E-state index contributed by atoms with van der Waals surface area (Å²) in [4.78, 5) is 15.8. The van der Waals surface area contributed by atoms with Crippen molar-refractivity contribution in [2.45, 2.75) is 13.5 Å². The Bertz CT molecular complexity index is 548. The lowest BCUT2D eigenvalue weighted by Crippen LogP contribution is -2.15. The van der Waals surface area contributed by atoms with Crippen LogP contribution >= 0.6 is 0 Å². The highest BCUT2D eigenvalue weighted by Gasteiger charge is 2.05. The minimum atomic E-state index is -0.448. The molecule has 2 rings (SSSR count). The minimum absolute atomic E-state index is 0.140. The summed E-state index contributed by atoms with van der Waals surface area (Å²) in [5.41, 5.74) is 7.79. The Hall–Kier alpha value is -2.56. The van der Waals surface area contributed by atoms with Gasteiger partial charge < -0.3 is 15.2 Å². The van der Waals surface area contributed by atoms with E-state index in [1.807, 2.05) is 19.1 Å². The van der Waals surface area contributed by atoms with Crippen LogP contribution in [0.3, 0.4) is 0 Å². The van der Waals surface area contributed by atoms with Gasteiger partial charge in [0.15, 0.2) is 6.61 Å². The van der Waals surface area contributed by atoms with Gasteiger partial charge in [-0.1, -0.05) is 12.1 Å². The van der Waals surface area contributed by atoms with Crippen molar-refractivity contribution in [3.63, 3.8) is 0 Å². The number of esters is 1. The quantitative estimate of drug-likeness (QED) is 0.666. The van der Waals surface area contributed by atoms with Crippen molar-refractivity contribution < 1.29 is 14.3 Å². The summed E-state index contributed by atoms with van der Waals surface area (Å²) in [5, 5.41) is 0. The Morgan fingerprint density at radius 3 is 2.80 bits per heavy atom. The van der Waals surface area contributed by atoms with Crippen LogP contribution < -0.4 is 10.5 Å². The molecule has 2 aromatic rings. The van der Waals surface area contributed by atoms with E-state index in [0.717, 1.165) is 5.69 Å². The van der Waals surface area contributed by atoms with Crippen LogP contribution in [-0.2, 0) is 16.1 Å². The van der Waals surface area contributed by atoms with E-state index < -0.39 is 5.97 Å². The van der Waals surface area contributed by atoms with E-state index in [9.17, 15) is 4.79 Å². The summed E-state index contributed by atoms with van der Waals surface area (Å²) in [6, 6.07) is 12.4. The molecule has 0 unspecified atom stereocenters. The maximum absolute atomic E-state index is 11.6. The van der Waals surface area contributed by atoms with Crippen LogP contribution in [0.2, 0.25) is 0 Å². The number of ether oxygens (including phenoxy) is 2. The van der Waals surface area contributed by atoms with E-state index in [4.69, 9.17) is 15.2 Å². The third kappa shape index (κ3) is 4.28.